The molecule has 0 N–H and O–H groups in total. The summed E-state index contributed by atoms with van der Waals surface area (Å²) in [5.74, 6) is 1.03. The first-order valence-corrected chi connectivity index (χ1v) is 12.0. The first-order valence-electron chi connectivity index (χ1n) is 8.46. The van der Waals surface area contributed by atoms with Gasteiger partial charge < -0.3 is 14.2 Å². The van der Waals surface area contributed by atoms with Crippen molar-refractivity contribution in [1.82, 2.24) is 14.8 Å². The van der Waals surface area contributed by atoms with Crippen molar-refractivity contribution >= 4 is 56.3 Å². The summed E-state index contributed by atoms with van der Waals surface area (Å²) in [6.45, 7) is 4.14. The van der Waals surface area contributed by atoms with Crippen LogP contribution < -0.4 is 9.64 Å². The van der Waals surface area contributed by atoms with E-state index in [2.05, 4.69) is 24.0 Å². The molecule has 0 spiro atoms. The van der Waals surface area contributed by atoms with Crippen molar-refractivity contribution in [3.8, 4) is 16.9 Å². The zero-order chi connectivity index (χ0) is 20.1. The van der Waals surface area contributed by atoms with Gasteiger partial charge in [-0.3, -0.25) is 4.79 Å². The molecule has 10 heteroatoms. The lowest BCUT2D eigenvalue weighted by atomic mass is 9.87. The summed E-state index contributed by atoms with van der Waals surface area (Å²) in [6, 6.07) is 5.80. The van der Waals surface area contributed by atoms with Crippen LogP contribution in [0.2, 0.25) is 0 Å². The second kappa shape index (κ2) is 7.25. The molecule has 0 saturated carbocycles. The monoisotopic (exact) mass is 450 g/mol. The van der Waals surface area contributed by atoms with Crippen LogP contribution in [0.4, 0.5) is 5.69 Å². The molecule has 0 fully saturated rings. The lowest BCUT2D eigenvalue weighted by Crippen LogP contribution is -2.48. The van der Waals surface area contributed by atoms with Crippen molar-refractivity contribution in [2.75, 3.05) is 17.8 Å². The first-order chi connectivity index (χ1) is 13.3. The number of carbonyl (C=O) groups is 1. The fourth-order valence-electron chi connectivity index (χ4n) is 3.38. The molecule has 3 aromatic rings. The number of rotatable bonds is 4. The normalized spacial score (nSPS) is 14.5. The zero-order valence-corrected chi connectivity index (χ0v) is 19.0. The van der Waals surface area contributed by atoms with Gasteiger partial charge in [-0.1, -0.05) is 44.7 Å². The highest BCUT2D eigenvalue weighted by Crippen LogP contribution is 2.52. The summed E-state index contributed by atoms with van der Waals surface area (Å²) in [7, 11) is 6.73. The van der Waals surface area contributed by atoms with Gasteiger partial charge in [0.15, 0.2) is 5.16 Å². The van der Waals surface area contributed by atoms with Gasteiger partial charge in [0.2, 0.25) is 5.91 Å². The van der Waals surface area contributed by atoms with E-state index >= 15 is 0 Å². The van der Waals surface area contributed by atoms with Crippen LogP contribution in [0.1, 0.15) is 18.7 Å². The summed E-state index contributed by atoms with van der Waals surface area (Å²) in [4.78, 5) is 16.3. The maximum atomic E-state index is 13.4. The van der Waals surface area contributed by atoms with E-state index in [1.165, 1.54) is 11.8 Å². The number of nitrogens with zero attached hydrogens (tertiary/aromatic N) is 4. The predicted octanol–water partition coefficient (Wildman–Crippen LogP) is 4.72. The van der Waals surface area contributed by atoms with Crippen molar-refractivity contribution < 1.29 is 9.53 Å². The largest absolute Gasteiger partial charge is 0.497 e. The fraction of sp³-hybridized carbons (Fsp3) is 0.333. The van der Waals surface area contributed by atoms with E-state index in [9.17, 15) is 4.79 Å². The van der Waals surface area contributed by atoms with Crippen LogP contribution in [-0.4, -0.2) is 33.5 Å². The SMILES string of the molecule is COc1ccc2c(c1)-c1c(ssc1=S)C(C)(C)N2C(=O)CSc1nncn1C. The predicted molar refractivity (Wildman–Crippen MR) is 117 cm³/mol. The highest BCUT2D eigenvalue weighted by molar-refractivity contribution is 7.99. The number of anilines is 1. The second-order valence-corrected chi connectivity index (χ2v) is 10.6. The van der Waals surface area contributed by atoms with Gasteiger partial charge in [0.05, 0.1) is 29.0 Å². The number of hydrogen-bond donors (Lipinski definition) is 0. The standard InChI is InChI=1S/C18H18N4O2S4/c1-18(2)15-14(16(25)28-27-15)11-7-10(24-4)5-6-12(11)22(18)13(23)8-26-17-20-19-9-21(17)3/h5-7,9H,8H2,1-4H3. The molecular weight excluding hydrogens is 432 g/mol. The Morgan fingerprint density at radius 1 is 1.36 bits per heavy atom. The summed E-state index contributed by atoms with van der Waals surface area (Å²) in [6.07, 6.45) is 1.63. The molecule has 0 unspecified atom stereocenters. The summed E-state index contributed by atoms with van der Waals surface area (Å²) in [5, 5.41) is 8.64. The molecule has 4 rings (SSSR count). The summed E-state index contributed by atoms with van der Waals surface area (Å²) in [5.41, 5.74) is 2.37. The average molecular weight is 451 g/mol. The third-order valence-corrected chi connectivity index (χ3v) is 9.05. The van der Waals surface area contributed by atoms with Gasteiger partial charge in [0.25, 0.3) is 0 Å². The maximum absolute atomic E-state index is 13.4. The van der Waals surface area contributed by atoms with Crippen molar-refractivity contribution in [1.29, 1.82) is 0 Å². The van der Waals surface area contributed by atoms with E-state index in [1.54, 1.807) is 38.7 Å². The minimum absolute atomic E-state index is 0.0133. The zero-order valence-electron chi connectivity index (χ0n) is 15.8. The number of aryl methyl sites for hydroxylation is 1. The van der Waals surface area contributed by atoms with Crippen LogP contribution >= 0.6 is 44.7 Å². The highest BCUT2D eigenvalue weighted by atomic mass is 32.9. The van der Waals surface area contributed by atoms with Crippen LogP contribution in [0, 0.1) is 3.82 Å². The van der Waals surface area contributed by atoms with E-state index in [4.69, 9.17) is 17.0 Å². The number of carbonyl (C=O) groups excluding carboxylic acids is 1. The lowest BCUT2D eigenvalue weighted by Gasteiger charge is -2.43. The molecule has 0 radical (unpaired) electrons. The summed E-state index contributed by atoms with van der Waals surface area (Å²) >= 11 is 7.00. The number of thioether (sulfide) groups is 1. The molecule has 1 aliphatic rings. The molecule has 0 atom stereocenters. The number of fused-ring (bicyclic) bond motifs is 3. The Morgan fingerprint density at radius 3 is 2.82 bits per heavy atom. The van der Waals surface area contributed by atoms with Gasteiger partial charge in [-0.2, -0.15) is 0 Å². The molecule has 1 amide bonds. The number of ether oxygens (including phenoxy) is 1. The lowest BCUT2D eigenvalue weighted by molar-refractivity contribution is -0.117. The van der Waals surface area contributed by atoms with Gasteiger partial charge in [-0.15, -0.1) is 10.2 Å². The van der Waals surface area contributed by atoms with Crippen molar-refractivity contribution in [2.45, 2.75) is 24.5 Å². The Morgan fingerprint density at radius 2 is 2.14 bits per heavy atom. The van der Waals surface area contributed by atoms with E-state index in [1.807, 2.05) is 30.1 Å². The van der Waals surface area contributed by atoms with Gasteiger partial charge in [0, 0.05) is 18.2 Å². The van der Waals surface area contributed by atoms with Crippen LogP contribution in [0.15, 0.2) is 29.7 Å². The van der Waals surface area contributed by atoms with Crippen LogP contribution in [0.25, 0.3) is 11.1 Å². The van der Waals surface area contributed by atoms with Gasteiger partial charge >= 0.3 is 0 Å². The third kappa shape index (κ3) is 3.08. The molecule has 3 heterocycles. The number of amides is 1. The molecule has 28 heavy (non-hydrogen) atoms. The molecule has 0 bridgehead atoms. The molecule has 6 nitrogen and oxygen atoms in total. The quantitative estimate of drug-likeness (QED) is 0.326. The van der Waals surface area contributed by atoms with Crippen LogP contribution in [-0.2, 0) is 17.4 Å². The van der Waals surface area contributed by atoms with Crippen LogP contribution in [0.5, 0.6) is 5.75 Å². The van der Waals surface area contributed by atoms with E-state index in [-0.39, 0.29) is 11.7 Å². The number of aromatic nitrogens is 3. The molecule has 1 aliphatic heterocycles. The van der Waals surface area contributed by atoms with Crippen molar-refractivity contribution in [3.05, 3.63) is 33.2 Å². The van der Waals surface area contributed by atoms with E-state index in [0.717, 1.165) is 31.3 Å². The van der Waals surface area contributed by atoms with E-state index in [0.29, 0.717) is 5.16 Å². The fourth-order valence-corrected chi connectivity index (χ4v) is 7.39. The van der Waals surface area contributed by atoms with Crippen molar-refractivity contribution in [2.24, 2.45) is 7.05 Å². The minimum Gasteiger partial charge on any atom is -0.497 e. The Balaban J connectivity index is 1.78. The van der Waals surface area contributed by atoms with Gasteiger partial charge in [0.1, 0.15) is 15.9 Å². The molecule has 2 aromatic heterocycles. The molecule has 1 aromatic carbocycles. The highest BCUT2D eigenvalue weighted by Gasteiger charge is 2.43. The van der Waals surface area contributed by atoms with Crippen LogP contribution in [0.3, 0.4) is 0 Å². The Bertz CT molecular complexity index is 1110. The average Bonchev–Trinajstić information content (AvgIpc) is 3.26. The Hall–Kier alpha value is -1.75. The molecular formula is C18H18N4O2S4. The second-order valence-electron chi connectivity index (χ2n) is 6.84. The first kappa shape index (κ1) is 19.6. The van der Waals surface area contributed by atoms with Gasteiger partial charge in [-0.05, 0) is 32.0 Å². The summed E-state index contributed by atoms with van der Waals surface area (Å²) < 4.78 is 8.07. The smallest absolute Gasteiger partial charge is 0.238 e. The minimum atomic E-state index is -0.493. The number of benzene rings is 1. The van der Waals surface area contributed by atoms with Crippen molar-refractivity contribution in [3.63, 3.8) is 0 Å². The topological polar surface area (TPSA) is 60.2 Å². The number of hydrogen-bond acceptors (Lipinski definition) is 8. The third-order valence-electron chi connectivity index (χ3n) is 4.70. The van der Waals surface area contributed by atoms with E-state index < -0.39 is 5.54 Å². The Labute approximate surface area is 179 Å². The molecule has 0 aliphatic carbocycles. The number of methoxy groups -OCH3 is 1. The van der Waals surface area contributed by atoms with Gasteiger partial charge in [-0.25, -0.2) is 0 Å². The maximum Gasteiger partial charge on any atom is 0.238 e. The molecule has 0 saturated heterocycles. The Kier molecular flexibility index (Phi) is 5.07. The molecule has 146 valence electrons.